The van der Waals surface area contributed by atoms with E-state index in [9.17, 15) is 9.59 Å². The van der Waals surface area contributed by atoms with Crippen molar-refractivity contribution in [1.29, 1.82) is 0 Å². The van der Waals surface area contributed by atoms with Crippen LogP contribution < -0.4 is 0 Å². The van der Waals surface area contributed by atoms with E-state index in [1.165, 1.54) is 0 Å². The Morgan fingerprint density at radius 3 is 1.69 bits per heavy atom. The molecule has 0 aromatic heterocycles. The number of hydrogen-bond donors (Lipinski definition) is 0. The molecule has 0 aliphatic heterocycles. The molecule has 32 heavy (non-hydrogen) atoms. The molecule has 166 valence electrons. The number of esters is 2. The van der Waals surface area contributed by atoms with E-state index >= 15 is 0 Å². The Balaban J connectivity index is 1.92. The van der Waals surface area contributed by atoms with Crippen LogP contribution in [0.5, 0.6) is 0 Å². The van der Waals surface area contributed by atoms with Crippen LogP contribution in [0, 0.1) is 0 Å². The number of carbonyl (C=O) groups is 2. The van der Waals surface area contributed by atoms with Gasteiger partial charge in [-0.1, -0.05) is 78.9 Å². The van der Waals surface area contributed by atoms with Crippen LogP contribution in [0.4, 0.5) is 0 Å². The first-order chi connectivity index (χ1) is 15.3. The zero-order valence-electron chi connectivity index (χ0n) is 18.6. The lowest BCUT2D eigenvalue weighted by Crippen LogP contribution is -2.28. The molecular weight excluding hydrogens is 404 g/mol. The predicted molar refractivity (Wildman–Crippen MR) is 122 cm³/mol. The van der Waals surface area contributed by atoms with E-state index in [4.69, 9.17) is 14.2 Å². The maximum absolute atomic E-state index is 12.9. The van der Waals surface area contributed by atoms with Crippen molar-refractivity contribution in [2.45, 2.75) is 38.6 Å². The summed E-state index contributed by atoms with van der Waals surface area (Å²) in [4.78, 5) is 25.3. The normalized spacial score (nSPS) is 13.1. The van der Waals surface area contributed by atoms with Gasteiger partial charge in [0.05, 0.1) is 5.56 Å². The molecule has 2 atom stereocenters. The third-order valence-corrected chi connectivity index (χ3v) is 4.58. The van der Waals surface area contributed by atoms with Crippen molar-refractivity contribution >= 4 is 11.9 Å². The summed E-state index contributed by atoms with van der Waals surface area (Å²) in [6.45, 7) is 5.12. The smallest absolute Gasteiger partial charge is 0.338 e. The molecule has 5 nitrogen and oxygen atoms in total. The van der Waals surface area contributed by atoms with Crippen molar-refractivity contribution in [1.82, 2.24) is 0 Å². The number of hydrogen-bond acceptors (Lipinski definition) is 5. The molecule has 0 spiro atoms. The van der Waals surface area contributed by atoms with Gasteiger partial charge in [-0.15, -0.1) is 0 Å². The van der Waals surface area contributed by atoms with Gasteiger partial charge in [0.2, 0.25) is 0 Å². The quantitative estimate of drug-likeness (QED) is 0.428. The molecule has 0 fully saturated rings. The number of ether oxygens (including phenoxy) is 3. The first-order valence-electron chi connectivity index (χ1n) is 10.5. The predicted octanol–water partition coefficient (Wildman–Crippen LogP) is 5.68. The topological polar surface area (TPSA) is 61.8 Å². The van der Waals surface area contributed by atoms with Crippen molar-refractivity contribution in [3.63, 3.8) is 0 Å². The summed E-state index contributed by atoms with van der Waals surface area (Å²) in [5, 5.41) is 0. The minimum Gasteiger partial charge on any atom is -0.458 e. The monoisotopic (exact) mass is 432 g/mol. The summed E-state index contributed by atoms with van der Waals surface area (Å²) in [5.41, 5.74) is 1.36. The van der Waals surface area contributed by atoms with E-state index in [2.05, 4.69) is 0 Å². The van der Waals surface area contributed by atoms with Crippen LogP contribution >= 0.6 is 0 Å². The van der Waals surface area contributed by atoms with Gasteiger partial charge in [-0.3, -0.25) is 0 Å². The number of rotatable bonds is 8. The van der Waals surface area contributed by atoms with Crippen LogP contribution in [-0.4, -0.2) is 24.1 Å². The summed E-state index contributed by atoms with van der Waals surface area (Å²) in [7, 11) is 0. The summed E-state index contributed by atoms with van der Waals surface area (Å²) < 4.78 is 17.4. The van der Waals surface area contributed by atoms with E-state index < -0.39 is 29.7 Å². The third kappa shape index (κ3) is 6.79. The standard InChI is InChI=1S/C27H28O5/c1-27(2,3)32-23(28)19-30-24(20-13-7-4-8-14-20)25(21-15-9-5-10-16-21)31-26(29)22-17-11-6-12-18-22/h4-18,24-25H,19H2,1-3H3. The van der Waals surface area contributed by atoms with Gasteiger partial charge in [-0.25, -0.2) is 9.59 Å². The number of carbonyl (C=O) groups excluding carboxylic acids is 2. The molecule has 0 saturated heterocycles. The molecule has 2 unspecified atom stereocenters. The second kappa shape index (κ2) is 10.7. The fourth-order valence-corrected chi connectivity index (χ4v) is 3.23. The van der Waals surface area contributed by atoms with Gasteiger partial charge in [0.15, 0.2) is 6.10 Å². The van der Waals surface area contributed by atoms with E-state index in [-0.39, 0.29) is 6.61 Å². The Morgan fingerprint density at radius 2 is 1.19 bits per heavy atom. The van der Waals surface area contributed by atoms with Crippen LogP contribution in [0.15, 0.2) is 91.0 Å². The van der Waals surface area contributed by atoms with Crippen LogP contribution in [0.25, 0.3) is 0 Å². The first-order valence-corrected chi connectivity index (χ1v) is 10.5. The molecule has 5 heteroatoms. The van der Waals surface area contributed by atoms with Crippen LogP contribution in [0.2, 0.25) is 0 Å². The average molecular weight is 433 g/mol. The average Bonchev–Trinajstić information content (AvgIpc) is 2.79. The lowest BCUT2D eigenvalue weighted by Gasteiger charge is -2.28. The Kier molecular flexibility index (Phi) is 7.79. The van der Waals surface area contributed by atoms with Crippen molar-refractivity contribution in [2.24, 2.45) is 0 Å². The van der Waals surface area contributed by atoms with Crippen LogP contribution in [0.3, 0.4) is 0 Å². The van der Waals surface area contributed by atoms with Crippen molar-refractivity contribution in [3.8, 4) is 0 Å². The zero-order valence-corrected chi connectivity index (χ0v) is 18.6. The van der Waals surface area contributed by atoms with Crippen molar-refractivity contribution in [3.05, 3.63) is 108 Å². The lowest BCUT2D eigenvalue weighted by atomic mass is 9.97. The van der Waals surface area contributed by atoms with E-state index in [0.717, 1.165) is 11.1 Å². The van der Waals surface area contributed by atoms with Gasteiger partial charge in [0, 0.05) is 0 Å². The van der Waals surface area contributed by atoms with E-state index in [1.807, 2.05) is 66.7 Å². The Labute approximate surface area is 188 Å². The highest BCUT2D eigenvalue weighted by Crippen LogP contribution is 2.36. The molecule has 0 N–H and O–H groups in total. The second-order valence-corrected chi connectivity index (χ2v) is 8.33. The molecule has 3 aromatic rings. The highest BCUT2D eigenvalue weighted by molar-refractivity contribution is 5.89. The first kappa shape index (κ1) is 23.2. The zero-order chi connectivity index (χ0) is 23.0. The molecule has 3 aromatic carbocycles. The Hall–Kier alpha value is -3.44. The number of benzene rings is 3. The molecule has 0 saturated carbocycles. The van der Waals surface area contributed by atoms with Gasteiger partial charge in [0.25, 0.3) is 0 Å². The molecule has 0 aliphatic rings. The summed E-state index contributed by atoms with van der Waals surface area (Å²) in [5.74, 6) is -0.958. The highest BCUT2D eigenvalue weighted by atomic mass is 16.6. The second-order valence-electron chi connectivity index (χ2n) is 8.33. The summed E-state index contributed by atoms with van der Waals surface area (Å²) in [6, 6.07) is 27.6. The molecular formula is C27H28O5. The van der Waals surface area contributed by atoms with Crippen molar-refractivity contribution < 1.29 is 23.8 Å². The lowest BCUT2D eigenvalue weighted by molar-refractivity contribution is -0.165. The molecule has 0 bridgehead atoms. The van der Waals surface area contributed by atoms with E-state index in [1.54, 1.807) is 45.0 Å². The van der Waals surface area contributed by atoms with Crippen LogP contribution in [-0.2, 0) is 19.0 Å². The highest BCUT2D eigenvalue weighted by Gasteiger charge is 2.31. The van der Waals surface area contributed by atoms with Crippen LogP contribution in [0.1, 0.15) is 54.5 Å². The van der Waals surface area contributed by atoms with E-state index in [0.29, 0.717) is 5.56 Å². The molecule has 0 radical (unpaired) electrons. The van der Waals surface area contributed by atoms with Crippen molar-refractivity contribution in [2.75, 3.05) is 6.61 Å². The SMILES string of the molecule is CC(C)(C)OC(=O)COC(c1ccccc1)C(OC(=O)c1ccccc1)c1ccccc1. The van der Waals surface area contributed by atoms with Gasteiger partial charge in [-0.2, -0.15) is 0 Å². The maximum Gasteiger partial charge on any atom is 0.338 e. The molecule has 3 rings (SSSR count). The molecule has 0 aliphatic carbocycles. The largest absolute Gasteiger partial charge is 0.458 e. The summed E-state index contributed by atoms with van der Waals surface area (Å²) in [6.07, 6.45) is -1.48. The minimum absolute atomic E-state index is 0.275. The third-order valence-electron chi connectivity index (χ3n) is 4.58. The Morgan fingerprint density at radius 1 is 0.719 bits per heavy atom. The fraction of sp³-hybridized carbons (Fsp3) is 0.259. The van der Waals surface area contributed by atoms with Gasteiger partial charge in [0.1, 0.15) is 18.3 Å². The summed E-state index contributed by atoms with van der Waals surface area (Å²) >= 11 is 0. The maximum atomic E-state index is 12.9. The molecule has 0 amide bonds. The fourth-order valence-electron chi connectivity index (χ4n) is 3.23. The van der Waals surface area contributed by atoms with Gasteiger partial charge >= 0.3 is 11.9 Å². The molecule has 0 heterocycles. The minimum atomic E-state index is -0.770. The van der Waals surface area contributed by atoms with Gasteiger partial charge < -0.3 is 14.2 Å². The Bertz CT molecular complexity index is 994. The van der Waals surface area contributed by atoms with Gasteiger partial charge in [-0.05, 0) is 44.0 Å².